The first-order chi connectivity index (χ1) is 8.25. The molecule has 17 heavy (non-hydrogen) atoms. The molecule has 0 aromatic heterocycles. The molecule has 1 N–H and O–H groups in total. The average molecular weight is 241 g/mol. The van der Waals surface area contributed by atoms with Gasteiger partial charge >= 0.3 is 5.97 Å². The number of hydrogen-bond donors (Lipinski definition) is 1. The van der Waals surface area contributed by atoms with Crippen LogP contribution >= 0.6 is 0 Å². The van der Waals surface area contributed by atoms with Crippen LogP contribution in [0.2, 0.25) is 0 Å². The smallest absolute Gasteiger partial charge is 0.304 e. The number of nitrogens with zero attached hydrogens (tertiary/aromatic N) is 1. The summed E-state index contributed by atoms with van der Waals surface area (Å²) in [5.74, 6) is -0.0556. The van der Waals surface area contributed by atoms with E-state index in [1.54, 1.807) is 0 Å². The molecule has 0 saturated carbocycles. The van der Waals surface area contributed by atoms with Crippen molar-refractivity contribution in [3.63, 3.8) is 0 Å². The van der Waals surface area contributed by atoms with Crippen molar-refractivity contribution in [1.82, 2.24) is 4.90 Å². The largest absolute Gasteiger partial charge is 0.481 e. The van der Waals surface area contributed by atoms with Crippen LogP contribution in [0.25, 0.3) is 0 Å². The van der Waals surface area contributed by atoms with Crippen molar-refractivity contribution in [2.24, 2.45) is 5.92 Å². The number of carboxylic acids is 1. The molecule has 4 heteroatoms. The monoisotopic (exact) mass is 241 g/mol. The summed E-state index contributed by atoms with van der Waals surface area (Å²) in [4.78, 5) is 13.2. The van der Waals surface area contributed by atoms with Crippen LogP contribution in [0, 0.1) is 5.92 Å². The van der Waals surface area contributed by atoms with E-state index in [1.807, 2.05) is 0 Å². The van der Waals surface area contributed by atoms with Crippen molar-refractivity contribution in [2.45, 2.75) is 44.6 Å². The molecule has 0 aliphatic carbocycles. The highest BCUT2D eigenvalue weighted by atomic mass is 16.5. The number of carbonyl (C=O) groups is 1. The van der Waals surface area contributed by atoms with Gasteiger partial charge in [-0.1, -0.05) is 6.42 Å². The zero-order valence-corrected chi connectivity index (χ0v) is 10.4. The minimum Gasteiger partial charge on any atom is -0.481 e. The summed E-state index contributed by atoms with van der Waals surface area (Å²) in [6.45, 7) is 3.84. The highest BCUT2D eigenvalue weighted by Gasteiger charge is 2.27. The van der Waals surface area contributed by atoms with E-state index in [1.165, 1.54) is 19.3 Å². The molecule has 0 aromatic rings. The molecule has 2 atom stereocenters. The first kappa shape index (κ1) is 12.8. The predicted octanol–water partition coefficient (Wildman–Crippen LogP) is 1.74. The van der Waals surface area contributed by atoms with E-state index in [2.05, 4.69) is 4.90 Å². The molecule has 0 aromatic carbocycles. The Balaban J connectivity index is 1.84. The Hall–Kier alpha value is -0.610. The van der Waals surface area contributed by atoms with Crippen LogP contribution in [0.15, 0.2) is 0 Å². The first-order valence-electron chi connectivity index (χ1n) is 6.79. The van der Waals surface area contributed by atoms with E-state index >= 15 is 0 Å². The molecule has 2 rings (SSSR count). The number of rotatable bonds is 4. The number of carboxylic acid groups (broad SMARTS) is 1. The van der Waals surface area contributed by atoms with Crippen molar-refractivity contribution >= 4 is 5.97 Å². The van der Waals surface area contributed by atoms with Crippen molar-refractivity contribution in [2.75, 3.05) is 26.3 Å². The molecule has 0 spiro atoms. The summed E-state index contributed by atoms with van der Waals surface area (Å²) in [6.07, 6.45) is 6.12. The lowest BCUT2D eigenvalue weighted by atomic mass is 9.95. The van der Waals surface area contributed by atoms with E-state index in [-0.39, 0.29) is 6.04 Å². The number of piperidine rings is 1. The second kappa shape index (κ2) is 6.36. The Morgan fingerprint density at radius 1 is 1.29 bits per heavy atom. The van der Waals surface area contributed by atoms with E-state index in [0.29, 0.717) is 12.3 Å². The number of hydrogen-bond acceptors (Lipinski definition) is 3. The lowest BCUT2D eigenvalue weighted by molar-refractivity contribution is -0.138. The molecule has 2 aliphatic heterocycles. The maximum atomic E-state index is 10.9. The van der Waals surface area contributed by atoms with Crippen LogP contribution in [0.4, 0.5) is 0 Å². The van der Waals surface area contributed by atoms with Crippen LogP contribution in [-0.2, 0) is 9.53 Å². The minimum atomic E-state index is -0.665. The van der Waals surface area contributed by atoms with Crippen LogP contribution < -0.4 is 0 Å². The molecule has 0 radical (unpaired) electrons. The van der Waals surface area contributed by atoms with Crippen molar-refractivity contribution in [3.05, 3.63) is 0 Å². The van der Waals surface area contributed by atoms with Crippen molar-refractivity contribution in [1.29, 1.82) is 0 Å². The van der Waals surface area contributed by atoms with Gasteiger partial charge in [0.25, 0.3) is 0 Å². The second-order valence-electron chi connectivity index (χ2n) is 5.33. The fourth-order valence-corrected chi connectivity index (χ4v) is 3.02. The van der Waals surface area contributed by atoms with Crippen LogP contribution in [-0.4, -0.2) is 48.3 Å². The zero-order valence-electron chi connectivity index (χ0n) is 10.4. The van der Waals surface area contributed by atoms with Gasteiger partial charge in [-0.3, -0.25) is 9.69 Å². The molecule has 2 heterocycles. The van der Waals surface area contributed by atoms with Gasteiger partial charge in [0.1, 0.15) is 0 Å². The Kier molecular flexibility index (Phi) is 4.80. The van der Waals surface area contributed by atoms with E-state index < -0.39 is 5.97 Å². The van der Waals surface area contributed by atoms with E-state index in [9.17, 15) is 4.79 Å². The van der Waals surface area contributed by atoms with Gasteiger partial charge in [-0.25, -0.2) is 0 Å². The van der Waals surface area contributed by atoms with Crippen molar-refractivity contribution in [3.8, 4) is 0 Å². The van der Waals surface area contributed by atoms with Gasteiger partial charge in [-0.05, 0) is 38.1 Å². The average Bonchev–Trinajstić information content (AvgIpc) is 2.32. The van der Waals surface area contributed by atoms with Gasteiger partial charge < -0.3 is 9.84 Å². The molecule has 0 bridgehead atoms. The van der Waals surface area contributed by atoms with Gasteiger partial charge in [0, 0.05) is 19.2 Å². The standard InChI is InChI=1S/C13H23NO3/c15-13(16)8-12-5-1-2-6-14(12)9-11-4-3-7-17-10-11/h11-12H,1-10H2,(H,15,16). The molecule has 4 nitrogen and oxygen atoms in total. The third-order valence-corrected chi connectivity index (χ3v) is 3.91. The molecule has 2 fully saturated rings. The summed E-state index contributed by atoms with van der Waals surface area (Å²) in [5.41, 5.74) is 0. The molecule has 98 valence electrons. The maximum absolute atomic E-state index is 10.9. The van der Waals surface area contributed by atoms with Crippen LogP contribution in [0.1, 0.15) is 38.5 Å². The number of aliphatic carboxylic acids is 1. The highest BCUT2D eigenvalue weighted by molar-refractivity contribution is 5.67. The second-order valence-corrected chi connectivity index (χ2v) is 5.33. The Bertz CT molecular complexity index is 251. The SMILES string of the molecule is O=C(O)CC1CCCCN1CC1CCCOC1. The summed E-state index contributed by atoms with van der Waals surface area (Å²) in [6, 6.07) is 0.253. The summed E-state index contributed by atoms with van der Waals surface area (Å²) < 4.78 is 5.50. The molecule has 2 aliphatic rings. The summed E-state index contributed by atoms with van der Waals surface area (Å²) in [7, 11) is 0. The Morgan fingerprint density at radius 3 is 2.88 bits per heavy atom. The number of ether oxygens (including phenoxy) is 1. The van der Waals surface area contributed by atoms with Gasteiger partial charge in [0.05, 0.1) is 13.0 Å². The normalized spacial score (nSPS) is 31.3. The summed E-state index contributed by atoms with van der Waals surface area (Å²) >= 11 is 0. The third-order valence-electron chi connectivity index (χ3n) is 3.91. The topological polar surface area (TPSA) is 49.8 Å². The molecule has 2 unspecified atom stereocenters. The molecule has 2 saturated heterocycles. The molecule has 0 amide bonds. The number of likely N-dealkylation sites (tertiary alicyclic amines) is 1. The van der Waals surface area contributed by atoms with Gasteiger partial charge in [0.15, 0.2) is 0 Å². The van der Waals surface area contributed by atoms with Gasteiger partial charge in [-0.15, -0.1) is 0 Å². The van der Waals surface area contributed by atoms with Gasteiger partial charge in [-0.2, -0.15) is 0 Å². The quantitative estimate of drug-likeness (QED) is 0.814. The molecular formula is C13H23NO3. The predicted molar refractivity (Wildman–Crippen MR) is 65.0 cm³/mol. The summed E-state index contributed by atoms with van der Waals surface area (Å²) in [5, 5.41) is 8.94. The Morgan fingerprint density at radius 2 is 2.18 bits per heavy atom. The lowest BCUT2D eigenvalue weighted by Gasteiger charge is -2.38. The zero-order chi connectivity index (χ0) is 12.1. The lowest BCUT2D eigenvalue weighted by Crippen LogP contribution is -2.44. The van der Waals surface area contributed by atoms with E-state index in [0.717, 1.165) is 39.1 Å². The fourth-order valence-electron chi connectivity index (χ4n) is 3.02. The van der Waals surface area contributed by atoms with Crippen LogP contribution in [0.3, 0.4) is 0 Å². The minimum absolute atomic E-state index is 0.253. The van der Waals surface area contributed by atoms with E-state index in [4.69, 9.17) is 9.84 Å². The molecular weight excluding hydrogens is 218 g/mol. The first-order valence-corrected chi connectivity index (χ1v) is 6.79. The third kappa shape index (κ3) is 3.96. The Labute approximate surface area is 103 Å². The van der Waals surface area contributed by atoms with Gasteiger partial charge in [0.2, 0.25) is 0 Å². The van der Waals surface area contributed by atoms with Crippen LogP contribution in [0.5, 0.6) is 0 Å². The maximum Gasteiger partial charge on any atom is 0.304 e. The highest BCUT2D eigenvalue weighted by Crippen LogP contribution is 2.23. The fraction of sp³-hybridized carbons (Fsp3) is 0.923. The van der Waals surface area contributed by atoms with Crippen molar-refractivity contribution < 1.29 is 14.6 Å².